The van der Waals surface area contributed by atoms with Crippen LogP contribution in [0.4, 0.5) is 0 Å². The summed E-state index contributed by atoms with van der Waals surface area (Å²) >= 11 is 0. The van der Waals surface area contributed by atoms with Crippen LogP contribution >= 0.6 is 0 Å². The van der Waals surface area contributed by atoms with Crippen molar-refractivity contribution in [2.75, 3.05) is 26.4 Å². The molecule has 0 aromatic rings. The predicted molar refractivity (Wildman–Crippen MR) is 173 cm³/mol. The Morgan fingerprint density at radius 2 is 1.32 bits per heavy atom. The maximum atomic E-state index is 12.4. The van der Waals surface area contributed by atoms with Crippen molar-refractivity contribution in [2.45, 2.75) is 166 Å². The average Bonchev–Trinajstić information content (AvgIpc) is 3.02. The highest BCUT2D eigenvalue weighted by molar-refractivity contribution is 5.69. The number of carbonyl (C=O) groups is 1. The molecule has 6 atom stereocenters. The lowest BCUT2D eigenvalue weighted by Crippen LogP contribution is -2.59. The van der Waals surface area contributed by atoms with Gasteiger partial charge in [0, 0.05) is 13.0 Å². The van der Waals surface area contributed by atoms with Gasteiger partial charge in [-0.3, -0.25) is 4.79 Å². The number of unbranched alkanes of at least 4 members (excludes halogenated alkanes) is 13. The quantitative estimate of drug-likeness (QED) is 0.0474. The van der Waals surface area contributed by atoms with Crippen LogP contribution in [0.1, 0.15) is 129 Å². The summed E-state index contributed by atoms with van der Waals surface area (Å²) in [5.74, 6) is -0.337. The Bertz CT molecular complexity index is 727. The van der Waals surface area contributed by atoms with E-state index in [0.29, 0.717) is 13.0 Å². The first-order valence-electron chi connectivity index (χ1n) is 17.4. The van der Waals surface area contributed by atoms with Gasteiger partial charge in [0.05, 0.1) is 19.8 Å². The number of carbonyl (C=O) groups excluding carboxylic acids is 1. The molecule has 4 N–H and O–H groups in total. The summed E-state index contributed by atoms with van der Waals surface area (Å²) in [6.45, 7) is 4.37. The Balaban J connectivity index is 2.25. The number of ether oxygens (including phenoxy) is 4. The van der Waals surface area contributed by atoms with Gasteiger partial charge < -0.3 is 39.4 Å². The Kier molecular flexibility index (Phi) is 25.8. The van der Waals surface area contributed by atoms with E-state index in [1.807, 2.05) is 0 Å². The van der Waals surface area contributed by atoms with Crippen LogP contribution < -0.4 is 0 Å². The normalized spacial score (nSPS) is 23.1. The molecule has 0 bridgehead atoms. The van der Waals surface area contributed by atoms with Crippen LogP contribution in [0.3, 0.4) is 0 Å². The Labute approximate surface area is 267 Å². The van der Waals surface area contributed by atoms with E-state index in [2.05, 4.69) is 38.2 Å². The summed E-state index contributed by atoms with van der Waals surface area (Å²) in [6.07, 6.45) is 21.2. The number of hydrogen-bond acceptors (Lipinski definition) is 9. The smallest absolute Gasteiger partial charge is 0.306 e. The zero-order valence-electron chi connectivity index (χ0n) is 27.7. The lowest BCUT2D eigenvalue weighted by atomic mass is 9.99. The molecule has 6 unspecified atom stereocenters. The number of esters is 1. The van der Waals surface area contributed by atoms with Gasteiger partial charge in [0.15, 0.2) is 6.29 Å². The second kappa shape index (κ2) is 27.9. The number of aliphatic hydroxyl groups is 4. The van der Waals surface area contributed by atoms with Crippen LogP contribution in [0.2, 0.25) is 0 Å². The van der Waals surface area contributed by atoms with Gasteiger partial charge in [0.2, 0.25) is 0 Å². The summed E-state index contributed by atoms with van der Waals surface area (Å²) in [7, 11) is 0. The summed E-state index contributed by atoms with van der Waals surface area (Å²) in [5, 5.41) is 39.6. The topological polar surface area (TPSA) is 135 Å². The van der Waals surface area contributed by atoms with Gasteiger partial charge >= 0.3 is 5.97 Å². The third kappa shape index (κ3) is 19.9. The third-order valence-corrected chi connectivity index (χ3v) is 7.87. The van der Waals surface area contributed by atoms with Crippen molar-refractivity contribution in [3.05, 3.63) is 24.3 Å². The molecule has 1 aliphatic rings. The largest absolute Gasteiger partial charge is 0.457 e. The van der Waals surface area contributed by atoms with Crippen LogP contribution in [0.5, 0.6) is 0 Å². The number of rotatable bonds is 28. The van der Waals surface area contributed by atoms with Crippen molar-refractivity contribution in [3.63, 3.8) is 0 Å². The molecule has 1 rings (SSSR count). The molecule has 1 fully saturated rings. The van der Waals surface area contributed by atoms with Crippen molar-refractivity contribution in [2.24, 2.45) is 0 Å². The van der Waals surface area contributed by atoms with Gasteiger partial charge in [0.1, 0.15) is 30.5 Å². The van der Waals surface area contributed by atoms with Gasteiger partial charge in [-0.25, -0.2) is 0 Å². The highest BCUT2D eigenvalue weighted by atomic mass is 16.7. The molecule has 0 radical (unpaired) electrons. The number of aliphatic hydroxyl groups excluding tert-OH is 4. The molecule has 0 aliphatic carbocycles. The minimum absolute atomic E-state index is 0.118. The van der Waals surface area contributed by atoms with Gasteiger partial charge in [0.25, 0.3) is 0 Å². The van der Waals surface area contributed by atoms with E-state index in [1.165, 1.54) is 51.4 Å². The van der Waals surface area contributed by atoms with Crippen LogP contribution in [-0.4, -0.2) is 89.6 Å². The van der Waals surface area contributed by atoms with E-state index in [-0.39, 0.29) is 19.2 Å². The fourth-order valence-corrected chi connectivity index (χ4v) is 5.05. The molecule has 44 heavy (non-hydrogen) atoms. The SMILES string of the molecule is CCCCCC/C=C\C/C=C\CCCCCCCCOCC(COC1OC(CO)C(O)C(O)C1O)OC(=O)CCCCCC. The van der Waals surface area contributed by atoms with E-state index < -0.39 is 43.4 Å². The van der Waals surface area contributed by atoms with E-state index in [4.69, 9.17) is 18.9 Å². The van der Waals surface area contributed by atoms with Crippen molar-refractivity contribution < 1.29 is 44.2 Å². The maximum Gasteiger partial charge on any atom is 0.306 e. The molecule has 1 saturated heterocycles. The summed E-state index contributed by atoms with van der Waals surface area (Å²) < 4.78 is 22.4. The number of allylic oxidation sites excluding steroid dienone is 4. The van der Waals surface area contributed by atoms with Gasteiger partial charge in [-0.2, -0.15) is 0 Å². The minimum atomic E-state index is -1.53. The highest BCUT2D eigenvalue weighted by Crippen LogP contribution is 2.22. The van der Waals surface area contributed by atoms with E-state index in [1.54, 1.807) is 0 Å². The van der Waals surface area contributed by atoms with E-state index in [9.17, 15) is 25.2 Å². The second-order valence-corrected chi connectivity index (χ2v) is 12.0. The zero-order chi connectivity index (χ0) is 32.3. The molecule has 0 saturated carbocycles. The molecule has 0 aromatic carbocycles. The highest BCUT2D eigenvalue weighted by Gasteiger charge is 2.44. The second-order valence-electron chi connectivity index (χ2n) is 12.0. The summed E-state index contributed by atoms with van der Waals surface area (Å²) in [4.78, 5) is 12.4. The van der Waals surface area contributed by atoms with Crippen LogP contribution in [0, 0.1) is 0 Å². The minimum Gasteiger partial charge on any atom is -0.457 e. The van der Waals surface area contributed by atoms with Gasteiger partial charge in [-0.05, 0) is 44.9 Å². The first kappa shape index (κ1) is 40.7. The lowest BCUT2D eigenvalue weighted by molar-refractivity contribution is -0.305. The van der Waals surface area contributed by atoms with Crippen LogP contribution in [0.15, 0.2) is 24.3 Å². The molecule has 1 aliphatic heterocycles. The maximum absolute atomic E-state index is 12.4. The molecule has 0 aromatic heterocycles. The third-order valence-electron chi connectivity index (χ3n) is 7.87. The van der Waals surface area contributed by atoms with Gasteiger partial charge in [-0.1, -0.05) is 102 Å². The molecular formula is C35H64O9. The lowest BCUT2D eigenvalue weighted by Gasteiger charge is -2.39. The van der Waals surface area contributed by atoms with Crippen molar-refractivity contribution >= 4 is 5.97 Å². The molecule has 1 heterocycles. The van der Waals surface area contributed by atoms with Crippen molar-refractivity contribution in [3.8, 4) is 0 Å². The van der Waals surface area contributed by atoms with Crippen LogP contribution in [-0.2, 0) is 23.7 Å². The first-order valence-corrected chi connectivity index (χ1v) is 17.4. The fourth-order valence-electron chi connectivity index (χ4n) is 5.05. The summed E-state index contributed by atoms with van der Waals surface area (Å²) in [6, 6.07) is 0. The molecular weight excluding hydrogens is 564 g/mol. The Morgan fingerprint density at radius 1 is 0.727 bits per heavy atom. The Morgan fingerprint density at radius 3 is 1.95 bits per heavy atom. The fraction of sp³-hybridized carbons (Fsp3) is 0.857. The molecule has 258 valence electrons. The Hall–Kier alpha value is -1.33. The molecule has 0 spiro atoms. The van der Waals surface area contributed by atoms with Crippen LogP contribution in [0.25, 0.3) is 0 Å². The molecule has 0 amide bonds. The number of hydrogen-bond donors (Lipinski definition) is 4. The van der Waals surface area contributed by atoms with Gasteiger partial charge in [-0.15, -0.1) is 0 Å². The zero-order valence-corrected chi connectivity index (χ0v) is 27.7. The molecule has 9 heteroatoms. The van der Waals surface area contributed by atoms with Crippen molar-refractivity contribution in [1.29, 1.82) is 0 Å². The first-order chi connectivity index (χ1) is 21.4. The van der Waals surface area contributed by atoms with E-state index in [0.717, 1.165) is 57.8 Å². The predicted octanol–water partition coefficient (Wildman–Crippen LogP) is 5.91. The molecule has 9 nitrogen and oxygen atoms in total. The van der Waals surface area contributed by atoms with Crippen molar-refractivity contribution in [1.82, 2.24) is 0 Å². The van der Waals surface area contributed by atoms with E-state index >= 15 is 0 Å². The summed E-state index contributed by atoms with van der Waals surface area (Å²) in [5.41, 5.74) is 0. The monoisotopic (exact) mass is 628 g/mol. The standard InChI is InChI=1S/C35H64O9/c1-3-5-7-9-10-11-12-13-14-15-16-17-18-19-20-21-23-25-41-27-29(43-31(37)24-22-8-6-4-2)28-42-35-34(40)33(39)32(38)30(26-36)44-35/h11-12,14-15,29-30,32-36,38-40H,3-10,13,16-28H2,1-2H3/b12-11-,15-14-. The average molecular weight is 629 g/mol.